The number of ether oxygens (including phenoxy) is 1. The van der Waals surface area contributed by atoms with Gasteiger partial charge in [-0.05, 0) is 48.4 Å². The van der Waals surface area contributed by atoms with Gasteiger partial charge in [-0.1, -0.05) is 34.4 Å². The van der Waals surface area contributed by atoms with E-state index in [1.807, 2.05) is 0 Å². The first-order valence-corrected chi connectivity index (χ1v) is 10.9. The summed E-state index contributed by atoms with van der Waals surface area (Å²) in [7, 11) is 0.708. The normalized spacial score (nSPS) is 18.6. The fourth-order valence-electron chi connectivity index (χ4n) is 3.42. The van der Waals surface area contributed by atoms with Gasteiger partial charge in [-0.3, -0.25) is 10.1 Å². The number of hydrogen-bond acceptors (Lipinski definition) is 5. The number of carbonyl (C=O) groups is 1. The van der Waals surface area contributed by atoms with Crippen LogP contribution >= 0.6 is 23.2 Å². The first-order chi connectivity index (χ1) is 17.4. The third-order valence-corrected chi connectivity index (χ3v) is 5.75. The second-order valence-electron chi connectivity index (χ2n) is 7.93. The molecule has 1 aliphatic rings. The Bertz CT molecular complexity index is 1290. The molecular weight excluding hydrogens is 577 g/mol. The van der Waals surface area contributed by atoms with Gasteiger partial charge in [0.05, 0.1) is 12.8 Å². The molecule has 6 nitrogen and oxygen atoms in total. The van der Waals surface area contributed by atoms with Crippen molar-refractivity contribution in [2.75, 3.05) is 7.11 Å². The molecule has 206 valence electrons. The largest absolute Gasteiger partial charge is 0.477 e. The summed E-state index contributed by atoms with van der Waals surface area (Å²) in [6, 6.07) is -0.0951. The predicted octanol–water partition coefficient (Wildman–Crippen LogP) is 6.77. The molecule has 1 unspecified atom stereocenters. The van der Waals surface area contributed by atoms with Crippen molar-refractivity contribution in [3.05, 3.63) is 68.7 Å². The number of hydrogen-bond donors (Lipinski definition) is 1. The summed E-state index contributed by atoms with van der Waals surface area (Å²) in [5.41, 5.74) is -3.46. The second-order valence-corrected chi connectivity index (χ2v) is 8.81. The van der Waals surface area contributed by atoms with Crippen molar-refractivity contribution < 1.29 is 49.5 Å². The Labute approximate surface area is 219 Å². The van der Waals surface area contributed by atoms with Crippen LogP contribution in [0.25, 0.3) is 0 Å². The number of nitrogens with one attached hydrogen (secondary N) is 1. The number of nitrogens with zero attached hydrogens (tertiary/aromatic N) is 2. The van der Waals surface area contributed by atoms with Crippen LogP contribution in [0.3, 0.4) is 0 Å². The molecule has 2 aromatic carbocycles. The number of amides is 1. The lowest BCUT2D eigenvalue weighted by Crippen LogP contribution is -2.42. The number of alkyl halides is 8. The van der Waals surface area contributed by atoms with E-state index >= 15 is 0 Å². The van der Waals surface area contributed by atoms with Gasteiger partial charge in [0.2, 0.25) is 0 Å². The molecule has 2 aromatic rings. The number of benzene rings is 2. The summed E-state index contributed by atoms with van der Waals surface area (Å²) in [4.78, 5) is 19.5. The molecule has 1 atom stereocenters. The third-order valence-electron chi connectivity index (χ3n) is 5.32. The van der Waals surface area contributed by atoms with Gasteiger partial charge in [-0.2, -0.15) is 40.1 Å². The zero-order chi connectivity index (χ0) is 28.7. The second kappa shape index (κ2) is 10.2. The van der Waals surface area contributed by atoms with Crippen molar-refractivity contribution in [2.24, 2.45) is 10.1 Å². The fraction of sp³-hybridized carbons (Fsp3) is 0.318. The molecule has 1 heterocycles. The lowest BCUT2D eigenvalue weighted by Gasteiger charge is -2.29. The zero-order valence-electron chi connectivity index (χ0n) is 19.1. The summed E-state index contributed by atoms with van der Waals surface area (Å²) in [6.07, 6.45) is -11.8. The molecule has 0 bridgehead atoms. The highest BCUT2D eigenvalue weighted by Gasteiger charge is 2.62. The topological polar surface area (TPSA) is 72.3 Å². The van der Waals surface area contributed by atoms with Crippen LogP contribution in [0.15, 0.2) is 46.5 Å². The molecule has 0 radical (unpaired) electrons. The maximum absolute atomic E-state index is 14.2. The van der Waals surface area contributed by atoms with E-state index in [9.17, 15) is 39.9 Å². The van der Waals surface area contributed by atoms with Gasteiger partial charge < -0.3 is 9.57 Å². The predicted molar refractivity (Wildman–Crippen MR) is 121 cm³/mol. The summed E-state index contributed by atoms with van der Waals surface area (Å²) in [6.45, 7) is 1.34. The van der Waals surface area contributed by atoms with Crippen LogP contribution < -0.4 is 5.32 Å². The van der Waals surface area contributed by atoms with Gasteiger partial charge in [0.25, 0.3) is 17.5 Å². The Morgan fingerprint density at radius 2 is 1.66 bits per heavy atom. The molecule has 0 spiro atoms. The molecule has 16 heteroatoms. The Balaban J connectivity index is 1.87. The molecular formula is C22H15Cl2F8N3O3. The lowest BCUT2D eigenvalue weighted by atomic mass is 9.86. The summed E-state index contributed by atoms with van der Waals surface area (Å²) in [5, 5.41) is 5.14. The van der Waals surface area contributed by atoms with Gasteiger partial charge in [0.1, 0.15) is 0 Å². The summed E-state index contributed by atoms with van der Waals surface area (Å²) >= 11 is 11.7. The Hall–Kier alpha value is -3.13. The van der Waals surface area contributed by atoms with Crippen LogP contribution in [0.1, 0.15) is 33.5 Å². The smallest absolute Gasteiger partial charge is 0.468 e. The minimum atomic E-state index is -6.04. The van der Waals surface area contributed by atoms with Crippen molar-refractivity contribution in [3.8, 4) is 0 Å². The van der Waals surface area contributed by atoms with E-state index < -0.39 is 47.9 Å². The highest BCUT2D eigenvalue weighted by Crippen LogP contribution is 2.49. The first kappa shape index (κ1) is 29.4. The molecule has 0 saturated carbocycles. The summed E-state index contributed by atoms with van der Waals surface area (Å²) < 4.78 is 110. The highest BCUT2D eigenvalue weighted by molar-refractivity contribution is 6.34. The lowest BCUT2D eigenvalue weighted by molar-refractivity contribution is -0.278. The molecule has 0 saturated heterocycles. The fourth-order valence-corrected chi connectivity index (χ4v) is 3.95. The van der Waals surface area contributed by atoms with Crippen LogP contribution in [-0.2, 0) is 15.2 Å². The van der Waals surface area contributed by atoms with Gasteiger partial charge in [-0.15, -0.1) is 0 Å². The zero-order valence-corrected chi connectivity index (χ0v) is 20.6. The molecule has 3 rings (SSSR count). The third kappa shape index (κ3) is 5.80. The van der Waals surface area contributed by atoms with Crippen LogP contribution in [0.5, 0.6) is 0 Å². The molecule has 38 heavy (non-hydrogen) atoms. The van der Waals surface area contributed by atoms with Crippen LogP contribution in [0.2, 0.25) is 10.0 Å². The van der Waals surface area contributed by atoms with E-state index in [-0.39, 0.29) is 32.4 Å². The van der Waals surface area contributed by atoms with E-state index in [1.165, 1.54) is 25.1 Å². The number of aliphatic imine (C=N–C) groups is 1. The minimum Gasteiger partial charge on any atom is -0.468 e. The maximum atomic E-state index is 14.2. The van der Waals surface area contributed by atoms with Gasteiger partial charge >= 0.3 is 18.4 Å². The van der Waals surface area contributed by atoms with Crippen LogP contribution in [0.4, 0.5) is 35.1 Å². The Kier molecular flexibility index (Phi) is 7.91. The van der Waals surface area contributed by atoms with Crippen molar-refractivity contribution >= 4 is 40.8 Å². The average Bonchev–Trinajstić information content (AvgIpc) is 3.24. The number of aryl methyl sites for hydroxylation is 1. The monoisotopic (exact) mass is 591 g/mol. The van der Waals surface area contributed by atoms with E-state index in [4.69, 9.17) is 28.0 Å². The van der Waals surface area contributed by atoms with Crippen LogP contribution in [0, 0.1) is 6.92 Å². The number of rotatable bonds is 4. The Morgan fingerprint density at radius 3 is 2.16 bits per heavy atom. The standard InChI is InChI=1S/C22H15Cl2F8N3O3/c1-10-5-11(3-4-15(10)17(36)33-18(37-2)34-22(31,32)21(28,29)30)16-9-19(38-35-16,20(25,26)27)12-6-13(23)8-14(24)7-12/h3-8H,9H2,1-2H3,(H,33,34,36). The van der Waals surface area contributed by atoms with E-state index in [1.54, 1.807) is 5.32 Å². The molecule has 0 aromatic heterocycles. The number of halogens is 10. The maximum Gasteiger partial charge on any atom is 0.477 e. The van der Waals surface area contributed by atoms with Gasteiger partial charge in [-0.25, -0.2) is 0 Å². The molecule has 0 aliphatic carbocycles. The number of carbonyl (C=O) groups excluding carboxylic acids is 1. The molecule has 1 N–H and O–H groups in total. The highest BCUT2D eigenvalue weighted by atomic mass is 35.5. The first-order valence-electron chi connectivity index (χ1n) is 10.2. The molecule has 0 fully saturated rings. The van der Waals surface area contributed by atoms with Crippen molar-refractivity contribution in [1.29, 1.82) is 0 Å². The van der Waals surface area contributed by atoms with Crippen molar-refractivity contribution in [1.82, 2.24) is 5.32 Å². The minimum absolute atomic E-state index is 0.0636. The number of amidine groups is 1. The molecule has 1 amide bonds. The quantitative estimate of drug-likeness (QED) is 0.184. The molecule has 1 aliphatic heterocycles. The van der Waals surface area contributed by atoms with Gasteiger partial charge in [0.15, 0.2) is 0 Å². The van der Waals surface area contributed by atoms with E-state index in [2.05, 4.69) is 14.9 Å². The van der Waals surface area contributed by atoms with E-state index in [0.717, 1.165) is 18.2 Å². The number of methoxy groups -OCH3 is 1. The average molecular weight is 592 g/mol. The van der Waals surface area contributed by atoms with E-state index in [0.29, 0.717) is 7.11 Å². The SMILES string of the molecule is CO/C(=N\C(F)(F)C(F)(F)F)NC(=O)c1ccc(C2=NOC(c3cc(Cl)cc(Cl)c3)(C(F)(F)F)C2)cc1C. The number of oxime groups is 1. The van der Waals surface area contributed by atoms with Gasteiger partial charge in [0, 0.05) is 27.6 Å². The Morgan fingerprint density at radius 1 is 1.05 bits per heavy atom. The van der Waals surface area contributed by atoms with Crippen molar-refractivity contribution in [3.63, 3.8) is 0 Å². The van der Waals surface area contributed by atoms with Crippen molar-refractivity contribution in [2.45, 2.75) is 37.3 Å². The van der Waals surface area contributed by atoms with Crippen LogP contribution in [-0.4, -0.2) is 43.1 Å². The summed E-state index contributed by atoms with van der Waals surface area (Å²) in [5.74, 6) is -1.17.